The molecule has 170 valence electrons. The number of alkyl halides is 3. The van der Waals surface area contributed by atoms with Crippen molar-refractivity contribution in [3.63, 3.8) is 0 Å². The quantitative estimate of drug-likeness (QED) is 0.783. The maximum Gasteiger partial charge on any atom is 0.490 e. The first-order valence-electron chi connectivity index (χ1n) is 10.4. The van der Waals surface area contributed by atoms with E-state index in [1.165, 1.54) is 11.1 Å². The van der Waals surface area contributed by atoms with Crippen molar-refractivity contribution in [2.24, 2.45) is 16.8 Å². The maximum absolute atomic E-state index is 13.0. The second kappa shape index (κ2) is 8.61. The molecule has 1 saturated carbocycles. The Morgan fingerprint density at radius 3 is 2.35 bits per heavy atom. The molecule has 2 aliphatic heterocycles. The van der Waals surface area contributed by atoms with Gasteiger partial charge in [-0.05, 0) is 45.1 Å². The molecular formula is C22H28F3N3O3. The number of carboxylic acids is 1. The zero-order valence-corrected chi connectivity index (χ0v) is 17.9. The summed E-state index contributed by atoms with van der Waals surface area (Å²) in [5.74, 6) is -0.575. The van der Waals surface area contributed by atoms with Crippen LogP contribution in [0, 0.1) is 18.8 Å². The van der Waals surface area contributed by atoms with Crippen LogP contribution in [0.2, 0.25) is 0 Å². The number of rotatable bonds is 3. The van der Waals surface area contributed by atoms with Gasteiger partial charge in [-0.3, -0.25) is 19.6 Å². The Kier molecular flexibility index (Phi) is 6.45. The van der Waals surface area contributed by atoms with E-state index in [1.54, 1.807) is 0 Å². The Balaban J connectivity index is 0.000000339. The molecule has 2 fully saturated rings. The molecule has 1 spiro atoms. The van der Waals surface area contributed by atoms with Crippen LogP contribution >= 0.6 is 0 Å². The number of aryl methyl sites for hydroxylation is 1. The van der Waals surface area contributed by atoms with Crippen LogP contribution in [0.4, 0.5) is 13.2 Å². The number of likely N-dealkylation sites (tertiary alicyclic amines) is 1. The highest BCUT2D eigenvalue weighted by atomic mass is 19.4. The van der Waals surface area contributed by atoms with Gasteiger partial charge in [0.05, 0.1) is 0 Å². The molecule has 9 heteroatoms. The van der Waals surface area contributed by atoms with Gasteiger partial charge in [0.1, 0.15) is 11.4 Å². The van der Waals surface area contributed by atoms with Gasteiger partial charge < -0.3 is 5.11 Å². The average Bonchev–Trinajstić information content (AvgIpc) is 3.31. The van der Waals surface area contributed by atoms with E-state index in [-0.39, 0.29) is 5.91 Å². The number of hydrogen-bond donors (Lipinski definition) is 1. The normalized spacial score (nSPS) is 27.9. The van der Waals surface area contributed by atoms with Crippen molar-refractivity contribution in [1.82, 2.24) is 9.80 Å². The highest BCUT2D eigenvalue weighted by molar-refractivity contribution is 6.07. The molecule has 31 heavy (non-hydrogen) atoms. The predicted octanol–water partition coefficient (Wildman–Crippen LogP) is 3.49. The first-order chi connectivity index (χ1) is 14.5. The fourth-order valence-electron chi connectivity index (χ4n) is 5.02. The number of carboxylic acid groups (broad SMARTS) is 1. The van der Waals surface area contributed by atoms with Crippen LogP contribution in [0.15, 0.2) is 29.3 Å². The molecule has 3 atom stereocenters. The Hall–Kier alpha value is -2.42. The lowest BCUT2D eigenvalue weighted by Crippen LogP contribution is -2.46. The van der Waals surface area contributed by atoms with Crippen LogP contribution in [0.5, 0.6) is 0 Å². The van der Waals surface area contributed by atoms with E-state index in [0.29, 0.717) is 11.8 Å². The fourth-order valence-corrected chi connectivity index (χ4v) is 5.02. The summed E-state index contributed by atoms with van der Waals surface area (Å²) in [6.45, 7) is 9.98. The molecular weight excluding hydrogens is 411 g/mol. The van der Waals surface area contributed by atoms with Gasteiger partial charge in [-0.15, -0.1) is 0 Å². The SMILES string of the molecule is CCN1C(=O)[C@]2(CC[C@@H]3CN(Cc4ccc(C)cc4)C[C@@H]32)N=C1C.O=C(O)C(F)(F)F. The number of nitrogens with zero attached hydrogens (tertiary/aromatic N) is 3. The number of hydrogen-bond acceptors (Lipinski definition) is 4. The highest BCUT2D eigenvalue weighted by Gasteiger charge is 2.60. The maximum atomic E-state index is 13.0. The fraction of sp³-hybridized carbons (Fsp3) is 0.591. The van der Waals surface area contributed by atoms with Crippen molar-refractivity contribution in [1.29, 1.82) is 0 Å². The third kappa shape index (κ3) is 4.61. The number of aliphatic carboxylic acids is 1. The van der Waals surface area contributed by atoms with Crippen molar-refractivity contribution >= 4 is 17.7 Å². The van der Waals surface area contributed by atoms with E-state index in [4.69, 9.17) is 14.9 Å². The van der Waals surface area contributed by atoms with Crippen molar-refractivity contribution in [3.8, 4) is 0 Å². The van der Waals surface area contributed by atoms with Crippen LogP contribution in [-0.4, -0.2) is 64.0 Å². The summed E-state index contributed by atoms with van der Waals surface area (Å²) in [5, 5.41) is 7.12. The lowest BCUT2D eigenvalue weighted by Gasteiger charge is -2.28. The standard InChI is InChI=1S/C20H27N3O.C2HF3O2/c1-4-23-15(3)21-20(19(23)24)10-9-17-12-22(13-18(17)20)11-16-7-5-14(2)6-8-16;3-2(4,5)1(6)7/h5-8,17-18H,4,9-13H2,1-3H3;(H,6,7)/t17-,18+,20-;/m1./s1. The smallest absolute Gasteiger partial charge is 0.475 e. The Morgan fingerprint density at radius 2 is 1.84 bits per heavy atom. The number of benzene rings is 1. The Bertz CT molecular complexity index is 869. The molecule has 4 rings (SSSR count). The third-order valence-electron chi connectivity index (χ3n) is 6.48. The summed E-state index contributed by atoms with van der Waals surface area (Å²) in [6, 6.07) is 8.81. The summed E-state index contributed by atoms with van der Waals surface area (Å²) >= 11 is 0. The van der Waals surface area contributed by atoms with Crippen LogP contribution in [0.1, 0.15) is 37.8 Å². The topological polar surface area (TPSA) is 73.2 Å². The number of fused-ring (bicyclic) bond motifs is 2. The van der Waals surface area contributed by atoms with Crippen LogP contribution in [0.25, 0.3) is 0 Å². The largest absolute Gasteiger partial charge is 0.490 e. The van der Waals surface area contributed by atoms with E-state index in [9.17, 15) is 18.0 Å². The van der Waals surface area contributed by atoms with Gasteiger partial charge in [-0.25, -0.2) is 4.79 Å². The summed E-state index contributed by atoms with van der Waals surface area (Å²) in [6.07, 6.45) is -3.01. The van der Waals surface area contributed by atoms with Gasteiger partial charge in [-0.2, -0.15) is 13.2 Å². The molecule has 0 bridgehead atoms. The number of carbonyl (C=O) groups excluding carboxylic acids is 1. The Labute approximate surface area is 179 Å². The molecule has 0 radical (unpaired) electrons. The second-order valence-corrected chi connectivity index (χ2v) is 8.52. The summed E-state index contributed by atoms with van der Waals surface area (Å²) in [7, 11) is 0. The lowest BCUT2D eigenvalue weighted by molar-refractivity contribution is -0.192. The van der Waals surface area contributed by atoms with Gasteiger partial charge in [-0.1, -0.05) is 29.8 Å². The predicted molar refractivity (Wildman–Crippen MR) is 110 cm³/mol. The first-order valence-corrected chi connectivity index (χ1v) is 10.4. The molecule has 1 aromatic carbocycles. The van der Waals surface area contributed by atoms with Crippen LogP contribution in [-0.2, 0) is 16.1 Å². The Morgan fingerprint density at radius 1 is 1.23 bits per heavy atom. The summed E-state index contributed by atoms with van der Waals surface area (Å²) in [4.78, 5) is 31.2. The van der Waals surface area contributed by atoms with Crippen LogP contribution < -0.4 is 0 Å². The van der Waals surface area contributed by atoms with E-state index in [1.807, 2.05) is 18.7 Å². The summed E-state index contributed by atoms with van der Waals surface area (Å²) < 4.78 is 31.7. The minimum Gasteiger partial charge on any atom is -0.475 e. The van der Waals surface area contributed by atoms with Gasteiger partial charge in [0.15, 0.2) is 0 Å². The number of halogens is 3. The molecule has 0 unspecified atom stereocenters. The molecule has 2 heterocycles. The number of likely N-dealkylation sites (N-methyl/N-ethyl adjacent to an activating group) is 1. The minimum atomic E-state index is -5.08. The summed E-state index contributed by atoms with van der Waals surface area (Å²) in [5.41, 5.74) is 2.21. The van der Waals surface area contributed by atoms with E-state index < -0.39 is 17.7 Å². The average molecular weight is 439 g/mol. The van der Waals surface area contributed by atoms with Crippen molar-refractivity contribution in [3.05, 3.63) is 35.4 Å². The third-order valence-corrected chi connectivity index (χ3v) is 6.48. The molecule has 1 saturated heterocycles. The van der Waals surface area contributed by atoms with Gasteiger partial charge in [0.25, 0.3) is 5.91 Å². The van der Waals surface area contributed by atoms with Crippen LogP contribution in [0.3, 0.4) is 0 Å². The van der Waals surface area contributed by atoms with E-state index in [2.05, 4.69) is 36.1 Å². The molecule has 1 N–H and O–H groups in total. The van der Waals surface area contributed by atoms with Gasteiger partial charge >= 0.3 is 12.1 Å². The lowest BCUT2D eigenvalue weighted by atomic mass is 9.85. The minimum absolute atomic E-state index is 0.257. The van der Waals surface area contributed by atoms with E-state index >= 15 is 0 Å². The molecule has 1 aromatic rings. The second-order valence-electron chi connectivity index (χ2n) is 8.52. The monoisotopic (exact) mass is 439 g/mol. The number of amides is 1. The zero-order chi connectivity index (χ0) is 23.0. The van der Waals surface area contributed by atoms with Gasteiger partial charge in [0, 0.05) is 32.1 Å². The number of amidine groups is 1. The van der Waals surface area contributed by atoms with Crippen molar-refractivity contribution < 1.29 is 27.9 Å². The number of aliphatic imine (C=N–C) groups is 1. The zero-order valence-electron chi connectivity index (χ0n) is 17.9. The molecule has 6 nitrogen and oxygen atoms in total. The molecule has 3 aliphatic rings. The first kappa shape index (κ1) is 23.2. The van der Waals surface area contributed by atoms with Gasteiger partial charge in [0.2, 0.25) is 0 Å². The van der Waals surface area contributed by atoms with Crippen molar-refractivity contribution in [2.45, 2.75) is 51.9 Å². The van der Waals surface area contributed by atoms with E-state index in [0.717, 1.165) is 44.9 Å². The number of carbonyl (C=O) groups is 2. The molecule has 1 amide bonds. The highest BCUT2D eigenvalue weighted by Crippen LogP contribution is 2.50. The molecule has 1 aliphatic carbocycles. The van der Waals surface area contributed by atoms with Crippen molar-refractivity contribution in [2.75, 3.05) is 19.6 Å². The molecule has 0 aromatic heterocycles.